The maximum Gasteiger partial charge on any atom is 0.127 e. The second kappa shape index (κ2) is 6.59. The molecular weight excluding hydrogens is 258 g/mol. The lowest BCUT2D eigenvalue weighted by atomic mass is 10.1. The van der Waals surface area contributed by atoms with E-state index >= 15 is 0 Å². The van der Waals surface area contributed by atoms with E-state index in [1.54, 1.807) is 25.6 Å². The van der Waals surface area contributed by atoms with Crippen molar-refractivity contribution < 1.29 is 9.47 Å². The zero-order valence-electron chi connectivity index (χ0n) is 11.5. The predicted octanol–water partition coefficient (Wildman–Crippen LogP) is 3.62. The Morgan fingerprint density at radius 1 is 1.21 bits per heavy atom. The number of rotatable bonds is 6. The third-order valence-electron chi connectivity index (χ3n) is 3.10. The Hall–Kier alpha value is -1.52. The molecule has 1 N–H and O–H groups in total. The average Bonchev–Trinajstić information content (AvgIpc) is 2.97. The molecular formula is C15H19NO2S. The first kappa shape index (κ1) is 13.9. The number of benzene rings is 1. The summed E-state index contributed by atoms with van der Waals surface area (Å²) >= 11 is 1.72. The van der Waals surface area contributed by atoms with Crippen LogP contribution in [-0.2, 0) is 6.54 Å². The summed E-state index contributed by atoms with van der Waals surface area (Å²) in [6, 6.07) is 8.28. The fraction of sp³-hybridized carbons (Fsp3) is 0.333. The maximum absolute atomic E-state index is 5.43. The second-order valence-electron chi connectivity index (χ2n) is 4.34. The quantitative estimate of drug-likeness (QED) is 0.875. The molecule has 0 spiro atoms. The molecule has 102 valence electrons. The Morgan fingerprint density at radius 3 is 2.68 bits per heavy atom. The zero-order chi connectivity index (χ0) is 13.7. The number of methoxy groups -OCH3 is 2. The van der Waals surface area contributed by atoms with Crippen LogP contribution in [0.1, 0.15) is 24.1 Å². The largest absolute Gasteiger partial charge is 0.497 e. The van der Waals surface area contributed by atoms with Crippen molar-refractivity contribution in [3.63, 3.8) is 0 Å². The van der Waals surface area contributed by atoms with Crippen LogP contribution in [0.15, 0.2) is 35.0 Å². The molecule has 0 saturated carbocycles. The van der Waals surface area contributed by atoms with Crippen LogP contribution in [0.2, 0.25) is 0 Å². The normalized spacial score (nSPS) is 12.2. The van der Waals surface area contributed by atoms with E-state index in [0.717, 1.165) is 23.6 Å². The molecule has 0 fully saturated rings. The predicted molar refractivity (Wildman–Crippen MR) is 79.1 cm³/mol. The minimum absolute atomic E-state index is 0.223. The molecule has 1 aromatic carbocycles. The van der Waals surface area contributed by atoms with E-state index in [0.29, 0.717) is 0 Å². The lowest BCUT2D eigenvalue weighted by molar-refractivity contribution is 0.386. The highest BCUT2D eigenvalue weighted by atomic mass is 32.1. The Balaban J connectivity index is 2.07. The van der Waals surface area contributed by atoms with Gasteiger partial charge in [0.2, 0.25) is 0 Å². The molecule has 0 saturated heterocycles. The third-order valence-corrected chi connectivity index (χ3v) is 3.83. The monoisotopic (exact) mass is 277 g/mol. The topological polar surface area (TPSA) is 30.5 Å². The molecule has 0 aliphatic rings. The summed E-state index contributed by atoms with van der Waals surface area (Å²) in [5.74, 6) is 1.66. The number of nitrogens with one attached hydrogen (secondary N) is 1. The second-order valence-corrected chi connectivity index (χ2v) is 5.12. The number of hydrogen-bond acceptors (Lipinski definition) is 4. The minimum atomic E-state index is 0.223. The van der Waals surface area contributed by atoms with Gasteiger partial charge < -0.3 is 14.8 Å². The van der Waals surface area contributed by atoms with Crippen molar-refractivity contribution in [2.75, 3.05) is 14.2 Å². The highest BCUT2D eigenvalue weighted by Crippen LogP contribution is 2.29. The van der Waals surface area contributed by atoms with Crippen molar-refractivity contribution in [3.8, 4) is 11.5 Å². The van der Waals surface area contributed by atoms with Crippen molar-refractivity contribution >= 4 is 11.3 Å². The third kappa shape index (κ3) is 3.49. The molecule has 1 unspecified atom stereocenters. The summed E-state index contributed by atoms with van der Waals surface area (Å²) in [6.45, 7) is 3.00. The summed E-state index contributed by atoms with van der Waals surface area (Å²) in [6.07, 6.45) is 0. The molecule has 1 aromatic heterocycles. The van der Waals surface area contributed by atoms with Crippen LogP contribution in [0.25, 0.3) is 0 Å². The van der Waals surface area contributed by atoms with Gasteiger partial charge in [-0.15, -0.1) is 0 Å². The highest BCUT2D eigenvalue weighted by Gasteiger charge is 2.12. The molecule has 1 atom stereocenters. The van der Waals surface area contributed by atoms with Crippen LogP contribution in [0, 0.1) is 0 Å². The number of thiophene rings is 1. The van der Waals surface area contributed by atoms with E-state index in [2.05, 4.69) is 29.1 Å². The Bertz CT molecular complexity index is 511. The fourth-order valence-corrected chi connectivity index (χ4v) is 2.62. The van der Waals surface area contributed by atoms with Crippen LogP contribution < -0.4 is 14.8 Å². The smallest absolute Gasteiger partial charge is 0.127 e. The molecule has 0 radical (unpaired) electrons. The molecule has 2 rings (SSSR count). The van der Waals surface area contributed by atoms with Crippen molar-refractivity contribution in [2.45, 2.75) is 19.5 Å². The van der Waals surface area contributed by atoms with Gasteiger partial charge in [-0.2, -0.15) is 11.3 Å². The van der Waals surface area contributed by atoms with Gasteiger partial charge in [-0.3, -0.25) is 0 Å². The van der Waals surface area contributed by atoms with Crippen molar-refractivity contribution in [3.05, 3.63) is 46.2 Å². The van der Waals surface area contributed by atoms with Crippen molar-refractivity contribution in [1.29, 1.82) is 0 Å². The van der Waals surface area contributed by atoms with Crippen LogP contribution >= 0.6 is 11.3 Å². The van der Waals surface area contributed by atoms with E-state index in [1.807, 2.05) is 18.2 Å². The summed E-state index contributed by atoms with van der Waals surface area (Å²) in [5, 5.41) is 7.75. The summed E-state index contributed by atoms with van der Waals surface area (Å²) in [4.78, 5) is 0. The molecule has 3 nitrogen and oxygen atoms in total. The van der Waals surface area contributed by atoms with Crippen molar-refractivity contribution in [1.82, 2.24) is 5.32 Å². The first-order chi connectivity index (χ1) is 9.24. The maximum atomic E-state index is 5.43. The summed E-state index contributed by atoms with van der Waals surface area (Å²) in [5.41, 5.74) is 2.45. The van der Waals surface area contributed by atoms with Gasteiger partial charge in [0.25, 0.3) is 0 Å². The van der Waals surface area contributed by atoms with Crippen LogP contribution in [0.5, 0.6) is 11.5 Å². The Morgan fingerprint density at radius 2 is 2.05 bits per heavy atom. The molecule has 0 bridgehead atoms. The molecule has 1 heterocycles. The molecule has 4 heteroatoms. The highest BCUT2D eigenvalue weighted by molar-refractivity contribution is 7.07. The van der Waals surface area contributed by atoms with Gasteiger partial charge in [0.1, 0.15) is 11.5 Å². The van der Waals surface area contributed by atoms with Crippen LogP contribution in [0.3, 0.4) is 0 Å². The van der Waals surface area contributed by atoms with Gasteiger partial charge in [-0.05, 0) is 35.4 Å². The van der Waals surface area contributed by atoms with Gasteiger partial charge in [0.15, 0.2) is 0 Å². The molecule has 0 aliphatic heterocycles. The first-order valence-electron chi connectivity index (χ1n) is 6.21. The summed E-state index contributed by atoms with van der Waals surface area (Å²) < 4.78 is 10.6. The number of hydrogen-bond donors (Lipinski definition) is 1. The van der Waals surface area contributed by atoms with Gasteiger partial charge >= 0.3 is 0 Å². The molecule has 0 amide bonds. The fourth-order valence-electron chi connectivity index (χ4n) is 1.95. The first-order valence-corrected chi connectivity index (χ1v) is 7.15. The average molecular weight is 277 g/mol. The van der Waals surface area contributed by atoms with E-state index < -0.39 is 0 Å². The van der Waals surface area contributed by atoms with E-state index in [-0.39, 0.29) is 6.04 Å². The standard InChI is InChI=1S/C15H19NO2S/c1-11(16-9-12-6-7-19-10-12)14-5-4-13(17-2)8-15(14)18-3/h4-8,10-11,16H,9H2,1-3H3. The SMILES string of the molecule is COc1ccc(C(C)NCc2ccsc2)c(OC)c1. The van der Waals surface area contributed by atoms with Gasteiger partial charge in [-0.1, -0.05) is 6.07 Å². The molecule has 2 aromatic rings. The number of ether oxygens (including phenoxy) is 2. The van der Waals surface area contributed by atoms with E-state index in [9.17, 15) is 0 Å². The lowest BCUT2D eigenvalue weighted by Gasteiger charge is -2.17. The Labute approximate surface area is 118 Å². The van der Waals surface area contributed by atoms with Crippen LogP contribution in [0.4, 0.5) is 0 Å². The van der Waals surface area contributed by atoms with Crippen LogP contribution in [-0.4, -0.2) is 14.2 Å². The van der Waals surface area contributed by atoms with E-state index in [1.165, 1.54) is 5.56 Å². The van der Waals surface area contributed by atoms with Gasteiger partial charge in [-0.25, -0.2) is 0 Å². The Kier molecular flexibility index (Phi) is 4.82. The lowest BCUT2D eigenvalue weighted by Crippen LogP contribution is -2.18. The molecule has 19 heavy (non-hydrogen) atoms. The van der Waals surface area contributed by atoms with Gasteiger partial charge in [0, 0.05) is 24.2 Å². The van der Waals surface area contributed by atoms with Gasteiger partial charge in [0.05, 0.1) is 14.2 Å². The van der Waals surface area contributed by atoms with E-state index in [4.69, 9.17) is 9.47 Å². The zero-order valence-corrected chi connectivity index (χ0v) is 12.3. The summed E-state index contributed by atoms with van der Waals surface area (Å²) in [7, 11) is 3.34. The van der Waals surface area contributed by atoms with Crippen molar-refractivity contribution in [2.24, 2.45) is 0 Å². The minimum Gasteiger partial charge on any atom is -0.497 e. The molecule has 0 aliphatic carbocycles.